The third-order valence-corrected chi connectivity index (χ3v) is 3.45. The number of halogens is 2. The Balaban J connectivity index is 2.41. The number of amides is 1. The van der Waals surface area contributed by atoms with Crippen LogP contribution in [0.2, 0.25) is 10.0 Å². The third kappa shape index (κ3) is 2.59. The summed E-state index contributed by atoms with van der Waals surface area (Å²) >= 11 is 11.6. The van der Waals surface area contributed by atoms with E-state index in [2.05, 4.69) is 0 Å². The van der Waals surface area contributed by atoms with E-state index in [-0.39, 0.29) is 10.8 Å². The van der Waals surface area contributed by atoms with Crippen molar-refractivity contribution in [2.75, 3.05) is 11.4 Å². The van der Waals surface area contributed by atoms with E-state index in [4.69, 9.17) is 27.7 Å². The number of nitrogens with zero attached hydrogens (tertiary/aromatic N) is 2. The smallest absolute Gasteiger partial charge is 0.365 e. The van der Waals surface area contributed by atoms with Crippen molar-refractivity contribution in [3.63, 3.8) is 0 Å². The molecule has 0 spiro atoms. The first-order valence-corrected chi connectivity index (χ1v) is 6.67. The fourth-order valence-corrected chi connectivity index (χ4v) is 1.98. The Bertz CT molecular complexity index is 689. The lowest BCUT2D eigenvalue weighted by Crippen LogP contribution is -2.38. The molecular weight excluding hydrogens is 303 g/mol. The first kappa shape index (κ1) is 14.7. The van der Waals surface area contributed by atoms with Gasteiger partial charge in [-0.1, -0.05) is 27.9 Å². The van der Waals surface area contributed by atoms with Crippen LogP contribution in [0, 0.1) is 6.92 Å². The molecule has 0 aliphatic heterocycles. The molecule has 0 saturated heterocycles. The second kappa shape index (κ2) is 5.73. The molecule has 1 amide bonds. The molecule has 20 heavy (non-hydrogen) atoms. The van der Waals surface area contributed by atoms with Gasteiger partial charge in [-0.2, -0.15) is 0 Å². The molecule has 0 fully saturated rings. The summed E-state index contributed by atoms with van der Waals surface area (Å²) in [5.74, 6) is 0.206. The predicted molar refractivity (Wildman–Crippen MR) is 78.0 cm³/mol. The molecular formula is C13H12Cl2N2O3. The summed E-state index contributed by atoms with van der Waals surface area (Å²) in [5.41, 5.74) is -0.0550. The molecule has 2 aromatic rings. The summed E-state index contributed by atoms with van der Waals surface area (Å²) < 4.78 is 5.74. The second-order valence-corrected chi connectivity index (χ2v) is 4.88. The van der Waals surface area contributed by atoms with Crippen LogP contribution >= 0.6 is 23.2 Å². The number of rotatable bonds is 2. The first-order valence-electron chi connectivity index (χ1n) is 5.91. The maximum absolute atomic E-state index is 12.4. The predicted octanol–water partition coefficient (Wildman–Crippen LogP) is 3.55. The maximum atomic E-state index is 12.4. The zero-order valence-corrected chi connectivity index (χ0v) is 12.4. The van der Waals surface area contributed by atoms with E-state index in [0.29, 0.717) is 22.0 Å². The van der Waals surface area contributed by atoms with E-state index in [1.54, 1.807) is 31.2 Å². The Morgan fingerprint density at radius 2 is 1.90 bits per heavy atom. The molecule has 0 aliphatic carbocycles. The highest BCUT2D eigenvalue weighted by Crippen LogP contribution is 2.19. The average Bonchev–Trinajstić information content (AvgIpc) is 2.69. The van der Waals surface area contributed by atoms with Crippen LogP contribution in [0.1, 0.15) is 12.7 Å². The van der Waals surface area contributed by atoms with Gasteiger partial charge in [-0.15, -0.1) is 0 Å². The molecule has 1 aromatic heterocycles. The third-order valence-electron chi connectivity index (χ3n) is 2.77. The van der Waals surface area contributed by atoms with Crippen molar-refractivity contribution in [2.24, 2.45) is 0 Å². The van der Waals surface area contributed by atoms with Gasteiger partial charge in [0.05, 0.1) is 0 Å². The molecule has 0 atom stereocenters. The quantitative estimate of drug-likeness (QED) is 0.851. The van der Waals surface area contributed by atoms with Crippen LogP contribution in [0.15, 0.2) is 33.6 Å². The largest absolute Gasteiger partial charge is 0.370 e. The molecule has 106 valence electrons. The summed E-state index contributed by atoms with van der Waals surface area (Å²) in [4.78, 5) is 25.5. The highest BCUT2D eigenvalue weighted by atomic mass is 35.5. The van der Waals surface area contributed by atoms with Gasteiger partial charge in [-0.05, 0) is 38.1 Å². The molecule has 0 saturated carbocycles. The van der Waals surface area contributed by atoms with Crippen molar-refractivity contribution in [2.45, 2.75) is 13.8 Å². The zero-order valence-electron chi connectivity index (χ0n) is 10.9. The topological polar surface area (TPSA) is 55.5 Å². The maximum Gasteiger partial charge on any atom is 0.365 e. The lowest BCUT2D eigenvalue weighted by molar-refractivity contribution is 0.212. The Kier molecular flexibility index (Phi) is 4.20. The number of hydrogen-bond acceptors (Lipinski definition) is 3. The minimum absolute atomic E-state index is 0.0921. The number of carbonyl (C=O) groups excluding carboxylic acids is 1. The highest BCUT2D eigenvalue weighted by Gasteiger charge is 2.23. The van der Waals surface area contributed by atoms with E-state index in [1.807, 2.05) is 0 Å². The van der Waals surface area contributed by atoms with Gasteiger partial charge in [0.1, 0.15) is 5.02 Å². The Labute approximate surface area is 125 Å². The van der Waals surface area contributed by atoms with Crippen molar-refractivity contribution in [3.8, 4) is 0 Å². The minimum atomic E-state index is -0.665. The molecule has 2 rings (SSSR count). The van der Waals surface area contributed by atoms with Crippen LogP contribution in [0.4, 0.5) is 10.5 Å². The van der Waals surface area contributed by atoms with Gasteiger partial charge in [0.15, 0.2) is 5.76 Å². The number of carbonyl (C=O) groups is 1. The molecule has 0 radical (unpaired) electrons. The fraction of sp³-hybridized carbons (Fsp3) is 0.231. The summed E-state index contributed by atoms with van der Waals surface area (Å²) in [7, 11) is 0. The van der Waals surface area contributed by atoms with Crippen LogP contribution < -0.4 is 10.5 Å². The van der Waals surface area contributed by atoms with Gasteiger partial charge >= 0.3 is 11.6 Å². The van der Waals surface area contributed by atoms with Gasteiger partial charge in [-0.3, -0.25) is 9.69 Å². The first-order chi connectivity index (χ1) is 9.45. The average molecular weight is 315 g/mol. The minimum Gasteiger partial charge on any atom is -0.370 e. The summed E-state index contributed by atoms with van der Waals surface area (Å²) in [6.45, 7) is 3.67. The standard InChI is InChI=1S/C13H12Cl2N2O3/c1-3-16(10-6-4-9(14)5-7-10)13(19)17-12(18)11(15)8(2)20-17/h4-7H,3H2,1-2H3. The summed E-state index contributed by atoms with van der Waals surface area (Å²) in [6, 6.07) is 6.10. The number of aryl methyl sites for hydroxylation is 1. The van der Waals surface area contributed by atoms with Crippen LogP contribution in [0.25, 0.3) is 0 Å². The van der Waals surface area contributed by atoms with E-state index in [0.717, 1.165) is 0 Å². The van der Waals surface area contributed by atoms with E-state index < -0.39 is 11.6 Å². The van der Waals surface area contributed by atoms with Crippen LogP contribution in [-0.4, -0.2) is 17.3 Å². The number of benzene rings is 1. The second-order valence-electron chi connectivity index (χ2n) is 4.06. The lowest BCUT2D eigenvalue weighted by Gasteiger charge is -2.19. The van der Waals surface area contributed by atoms with Crippen LogP contribution in [0.3, 0.4) is 0 Å². The summed E-state index contributed by atoms with van der Waals surface area (Å²) in [5, 5.41) is 0.469. The molecule has 0 unspecified atom stereocenters. The molecule has 5 nitrogen and oxygen atoms in total. The number of aromatic nitrogens is 1. The highest BCUT2D eigenvalue weighted by molar-refractivity contribution is 6.31. The zero-order chi connectivity index (χ0) is 14.9. The van der Waals surface area contributed by atoms with Gasteiger partial charge < -0.3 is 4.52 Å². The fourth-order valence-electron chi connectivity index (χ4n) is 1.74. The van der Waals surface area contributed by atoms with Crippen molar-refractivity contribution in [3.05, 3.63) is 50.4 Å². The van der Waals surface area contributed by atoms with Crippen molar-refractivity contribution in [1.82, 2.24) is 4.74 Å². The Hall–Kier alpha value is -1.72. The number of hydrogen-bond donors (Lipinski definition) is 0. The van der Waals surface area contributed by atoms with Crippen molar-refractivity contribution in [1.29, 1.82) is 0 Å². The van der Waals surface area contributed by atoms with Crippen LogP contribution in [0.5, 0.6) is 0 Å². The normalized spacial score (nSPS) is 10.6. The van der Waals surface area contributed by atoms with E-state index in [9.17, 15) is 9.59 Å². The molecule has 7 heteroatoms. The summed E-state index contributed by atoms with van der Waals surface area (Å²) in [6.07, 6.45) is 0. The van der Waals surface area contributed by atoms with E-state index in [1.165, 1.54) is 11.8 Å². The molecule has 1 heterocycles. The van der Waals surface area contributed by atoms with Gasteiger partial charge in [0.25, 0.3) is 0 Å². The van der Waals surface area contributed by atoms with Gasteiger partial charge in [0, 0.05) is 17.3 Å². The monoisotopic (exact) mass is 314 g/mol. The molecule has 1 aromatic carbocycles. The van der Waals surface area contributed by atoms with Gasteiger partial charge in [0.2, 0.25) is 0 Å². The Morgan fingerprint density at radius 1 is 1.30 bits per heavy atom. The molecule has 0 bridgehead atoms. The molecule has 0 N–H and O–H groups in total. The van der Waals surface area contributed by atoms with Crippen LogP contribution in [-0.2, 0) is 0 Å². The Morgan fingerprint density at radius 3 is 2.35 bits per heavy atom. The van der Waals surface area contributed by atoms with E-state index >= 15 is 0 Å². The van der Waals surface area contributed by atoms with Gasteiger partial charge in [-0.25, -0.2) is 4.79 Å². The molecule has 0 aliphatic rings. The SMILES string of the molecule is CCN(C(=O)n1oc(C)c(Cl)c1=O)c1ccc(Cl)cc1. The van der Waals surface area contributed by atoms with Crippen molar-refractivity contribution >= 4 is 34.9 Å². The number of anilines is 1. The van der Waals surface area contributed by atoms with Crippen molar-refractivity contribution < 1.29 is 9.32 Å². The lowest BCUT2D eigenvalue weighted by atomic mass is 10.3.